The molecule has 1 unspecified atom stereocenters. The Balaban J connectivity index is 0.000000300. The molecule has 1 aliphatic rings. The molecule has 2 heterocycles. The predicted molar refractivity (Wildman–Crippen MR) is 213 cm³/mol. The number of nitrogens with one attached hydrogen (secondary N) is 2. The van der Waals surface area contributed by atoms with E-state index >= 15 is 0 Å². The fourth-order valence-electron chi connectivity index (χ4n) is 5.51. The zero-order chi connectivity index (χ0) is 40.9. The molecule has 16 heteroatoms. The average Bonchev–Trinajstić information content (AvgIpc) is 3.83. The van der Waals surface area contributed by atoms with E-state index in [1.54, 1.807) is 16.2 Å². The number of carbonyl (C=O) groups is 5. The summed E-state index contributed by atoms with van der Waals surface area (Å²) in [6.45, 7) is 12.2. The van der Waals surface area contributed by atoms with Gasteiger partial charge in [-0.15, -0.1) is 11.3 Å². The first-order valence-corrected chi connectivity index (χ1v) is 19.5. The molecule has 5 amide bonds. The molecule has 0 bridgehead atoms. The molecule has 306 valence electrons. The Kier molecular flexibility index (Phi) is 19.6. The first-order chi connectivity index (χ1) is 26.7. The van der Waals surface area contributed by atoms with Crippen molar-refractivity contribution in [3.63, 3.8) is 0 Å². The Labute approximate surface area is 332 Å². The van der Waals surface area contributed by atoms with Crippen molar-refractivity contribution < 1.29 is 42.9 Å². The molecule has 1 saturated heterocycles. The molecule has 3 aromatic rings. The lowest BCUT2D eigenvalue weighted by Gasteiger charge is -2.27. The fraction of sp³-hybridized carbons (Fsp3) is 0.500. The second kappa shape index (κ2) is 24.0. The van der Waals surface area contributed by atoms with Crippen LogP contribution in [0.3, 0.4) is 0 Å². The summed E-state index contributed by atoms with van der Waals surface area (Å²) in [7, 11) is 0. The van der Waals surface area contributed by atoms with Crippen molar-refractivity contribution in [2.75, 3.05) is 65.9 Å². The molecule has 0 aliphatic carbocycles. The number of benzene rings is 2. The number of likely N-dealkylation sites (tertiary alicyclic amines) is 1. The molecule has 15 nitrogen and oxygen atoms in total. The van der Waals surface area contributed by atoms with Gasteiger partial charge in [-0.2, -0.15) is 0 Å². The highest BCUT2D eigenvalue weighted by atomic mass is 32.1. The first kappa shape index (κ1) is 45.6. The number of rotatable bonds is 21. The van der Waals surface area contributed by atoms with Crippen molar-refractivity contribution >= 4 is 40.9 Å². The van der Waals surface area contributed by atoms with Crippen LogP contribution in [-0.2, 0) is 39.9 Å². The standard InChI is InChI=1S/C22H29N3O2S.C18H27N3O7/c1-15-20(28-14-24-15)17-9-7-16(8-10-17)13-23-21(27)18-6-5-11-25(18)19(26)12-22(2,3)4;19-16(22)13-28-12-11-27-10-9-26-8-7-25-6-5-21-18(24)15-3-1-14(2-4-15)17(20)23/h7-10,14,18H,5-6,11-13H2,1-4H3,(H,23,27);1-4H,5-13H2,(H2,19,22)(H2,20,23)(H,21,24). The number of nitrogens with two attached hydrogens (primary N) is 2. The predicted octanol–water partition coefficient (Wildman–Crippen LogP) is 3.23. The van der Waals surface area contributed by atoms with E-state index in [2.05, 4.69) is 27.8 Å². The Morgan fingerprint density at radius 1 is 0.821 bits per heavy atom. The third-order valence-electron chi connectivity index (χ3n) is 8.31. The van der Waals surface area contributed by atoms with E-state index in [4.69, 9.17) is 30.4 Å². The quantitative estimate of drug-likeness (QED) is 0.116. The second-order valence-corrected chi connectivity index (χ2v) is 15.1. The van der Waals surface area contributed by atoms with Crippen LogP contribution in [0.4, 0.5) is 0 Å². The Hall–Kier alpha value is -4.74. The zero-order valence-electron chi connectivity index (χ0n) is 32.8. The molecular formula is C40H56N6O9S. The summed E-state index contributed by atoms with van der Waals surface area (Å²) in [6.07, 6.45) is 2.09. The lowest BCUT2D eigenvalue weighted by atomic mass is 9.91. The molecular weight excluding hydrogens is 741 g/mol. The first-order valence-electron chi connectivity index (χ1n) is 18.6. The van der Waals surface area contributed by atoms with Gasteiger partial charge in [-0.25, -0.2) is 4.98 Å². The number of thiazole rings is 1. The van der Waals surface area contributed by atoms with Crippen LogP contribution in [0.5, 0.6) is 0 Å². The van der Waals surface area contributed by atoms with Gasteiger partial charge in [0.15, 0.2) is 0 Å². The van der Waals surface area contributed by atoms with Crippen molar-refractivity contribution in [2.45, 2.75) is 59.5 Å². The van der Waals surface area contributed by atoms with Gasteiger partial charge in [-0.1, -0.05) is 45.0 Å². The zero-order valence-corrected chi connectivity index (χ0v) is 33.6. The van der Waals surface area contributed by atoms with E-state index < -0.39 is 11.8 Å². The summed E-state index contributed by atoms with van der Waals surface area (Å²) in [5, 5.41) is 5.72. The number of ether oxygens (including phenoxy) is 4. The van der Waals surface area contributed by atoms with Crippen LogP contribution in [0, 0.1) is 12.3 Å². The molecule has 1 atom stereocenters. The van der Waals surface area contributed by atoms with Gasteiger partial charge < -0.3 is 45.9 Å². The minimum atomic E-state index is -0.539. The van der Waals surface area contributed by atoms with Crippen LogP contribution in [-0.4, -0.2) is 111 Å². The summed E-state index contributed by atoms with van der Waals surface area (Å²) in [6, 6.07) is 13.9. The second-order valence-electron chi connectivity index (χ2n) is 14.2. The minimum absolute atomic E-state index is 0.0536. The number of hydrogen-bond acceptors (Lipinski definition) is 11. The number of amides is 5. The van der Waals surface area contributed by atoms with Crippen molar-refractivity contribution in [3.8, 4) is 10.4 Å². The minimum Gasteiger partial charge on any atom is -0.377 e. The maximum atomic E-state index is 12.7. The van der Waals surface area contributed by atoms with E-state index in [-0.39, 0.29) is 35.8 Å². The highest BCUT2D eigenvalue weighted by Crippen LogP contribution is 2.28. The molecule has 1 fully saturated rings. The van der Waals surface area contributed by atoms with Crippen molar-refractivity contribution in [1.82, 2.24) is 20.5 Å². The van der Waals surface area contributed by atoms with Crippen LogP contribution >= 0.6 is 11.3 Å². The van der Waals surface area contributed by atoms with Gasteiger partial charge in [0.25, 0.3) is 5.91 Å². The molecule has 4 rings (SSSR count). The lowest BCUT2D eigenvalue weighted by Crippen LogP contribution is -2.46. The molecule has 0 radical (unpaired) electrons. The molecule has 6 N–H and O–H groups in total. The van der Waals surface area contributed by atoms with Gasteiger partial charge in [-0.3, -0.25) is 24.0 Å². The van der Waals surface area contributed by atoms with E-state index in [9.17, 15) is 24.0 Å². The number of aryl methyl sites for hydroxylation is 1. The van der Waals surface area contributed by atoms with Crippen LogP contribution in [0.25, 0.3) is 10.4 Å². The Morgan fingerprint density at radius 3 is 1.96 bits per heavy atom. The van der Waals surface area contributed by atoms with Crippen LogP contribution in [0.1, 0.15) is 72.0 Å². The third kappa shape index (κ3) is 17.0. The van der Waals surface area contributed by atoms with Gasteiger partial charge in [0.2, 0.25) is 23.6 Å². The third-order valence-corrected chi connectivity index (χ3v) is 9.29. The highest BCUT2D eigenvalue weighted by molar-refractivity contribution is 7.13. The van der Waals surface area contributed by atoms with Crippen molar-refractivity contribution in [2.24, 2.45) is 16.9 Å². The van der Waals surface area contributed by atoms with Gasteiger partial charge in [0, 0.05) is 37.2 Å². The summed E-state index contributed by atoms with van der Waals surface area (Å²) in [5.41, 5.74) is 15.9. The Bertz CT molecular complexity index is 1690. The summed E-state index contributed by atoms with van der Waals surface area (Å²) in [4.78, 5) is 65.8. The summed E-state index contributed by atoms with van der Waals surface area (Å²) >= 11 is 1.63. The van der Waals surface area contributed by atoms with Gasteiger partial charge >= 0.3 is 0 Å². The molecule has 1 aromatic heterocycles. The van der Waals surface area contributed by atoms with Crippen molar-refractivity contribution in [3.05, 3.63) is 76.4 Å². The number of carbonyl (C=O) groups excluding carboxylic acids is 5. The molecule has 56 heavy (non-hydrogen) atoms. The molecule has 2 aromatic carbocycles. The van der Waals surface area contributed by atoms with E-state index in [1.807, 2.05) is 45.3 Å². The van der Waals surface area contributed by atoms with E-state index in [0.717, 1.165) is 29.7 Å². The monoisotopic (exact) mass is 796 g/mol. The maximum absolute atomic E-state index is 12.7. The smallest absolute Gasteiger partial charge is 0.251 e. The fourth-order valence-corrected chi connectivity index (χ4v) is 6.32. The molecule has 1 aliphatic heterocycles. The van der Waals surface area contributed by atoms with Crippen LogP contribution < -0.4 is 22.1 Å². The molecule has 0 spiro atoms. The summed E-state index contributed by atoms with van der Waals surface area (Å²) in [5.74, 6) is -1.28. The largest absolute Gasteiger partial charge is 0.377 e. The lowest BCUT2D eigenvalue weighted by molar-refractivity contribution is -0.139. The van der Waals surface area contributed by atoms with Gasteiger partial charge in [-0.05, 0) is 60.6 Å². The number of primary amides is 2. The Morgan fingerprint density at radius 2 is 1.41 bits per heavy atom. The number of aromatic nitrogens is 1. The van der Waals surface area contributed by atoms with Crippen molar-refractivity contribution in [1.29, 1.82) is 0 Å². The van der Waals surface area contributed by atoms with E-state index in [1.165, 1.54) is 29.1 Å². The highest BCUT2D eigenvalue weighted by Gasteiger charge is 2.35. The maximum Gasteiger partial charge on any atom is 0.251 e. The van der Waals surface area contributed by atoms with E-state index in [0.29, 0.717) is 83.4 Å². The normalized spacial score (nSPS) is 13.8. The average molecular weight is 797 g/mol. The molecule has 0 saturated carbocycles. The van der Waals surface area contributed by atoms with Gasteiger partial charge in [0.05, 0.1) is 62.3 Å². The summed E-state index contributed by atoms with van der Waals surface area (Å²) < 4.78 is 20.8. The van der Waals surface area contributed by atoms with Gasteiger partial charge in [0.1, 0.15) is 12.6 Å². The number of nitrogens with zero attached hydrogens (tertiary/aromatic N) is 2. The van der Waals surface area contributed by atoms with Crippen LogP contribution in [0.15, 0.2) is 54.0 Å². The van der Waals surface area contributed by atoms with Crippen LogP contribution in [0.2, 0.25) is 0 Å². The number of hydrogen-bond donors (Lipinski definition) is 4. The SMILES string of the molecule is Cc1ncsc1-c1ccc(CNC(=O)C2CCCN2C(=O)CC(C)(C)C)cc1.NC(=O)COCCOCCOCCOCCNC(=O)c1ccc(C(N)=O)cc1. The topological polar surface area (TPSA) is 214 Å².